The molecule has 4 aromatic rings. The largest absolute Gasteiger partial charge is 0.493 e. The number of pyridine rings is 1. The fourth-order valence-electron chi connectivity index (χ4n) is 5.64. The first-order valence-electron chi connectivity index (χ1n) is 14.0. The van der Waals surface area contributed by atoms with E-state index >= 15 is 0 Å². The molecular weight excluding hydrogens is 520 g/mol. The van der Waals surface area contributed by atoms with Crippen LogP contribution in [0.25, 0.3) is 16.6 Å². The van der Waals surface area contributed by atoms with Gasteiger partial charge in [-0.2, -0.15) is 0 Å². The van der Waals surface area contributed by atoms with Crippen LogP contribution in [0.2, 0.25) is 0 Å². The fourth-order valence-corrected chi connectivity index (χ4v) is 5.64. The maximum atomic E-state index is 13.6. The highest BCUT2D eigenvalue weighted by Crippen LogP contribution is 2.43. The van der Waals surface area contributed by atoms with E-state index in [1.165, 1.54) is 12.8 Å². The van der Waals surface area contributed by atoms with Crippen molar-refractivity contribution in [3.8, 4) is 28.7 Å². The third kappa shape index (κ3) is 5.20. The number of carbonyl (C=O) groups is 1. The third-order valence-corrected chi connectivity index (χ3v) is 7.79. The smallest absolute Gasteiger partial charge is 0.256 e. The molecule has 212 valence electrons. The van der Waals surface area contributed by atoms with E-state index in [-0.39, 0.29) is 16.9 Å². The van der Waals surface area contributed by atoms with Crippen LogP contribution in [0.1, 0.15) is 28.8 Å². The summed E-state index contributed by atoms with van der Waals surface area (Å²) in [7, 11) is 3.24. The second-order valence-corrected chi connectivity index (χ2v) is 10.3. The molecule has 0 spiro atoms. The molecule has 1 aromatic heterocycles. The van der Waals surface area contributed by atoms with Gasteiger partial charge in [-0.05, 0) is 74.3 Å². The Morgan fingerprint density at radius 1 is 0.976 bits per heavy atom. The van der Waals surface area contributed by atoms with Gasteiger partial charge in [0, 0.05) is 25.8 Å². The minimum atomic E-state index is -0.359. The number of methoxy groups -OCH3 is 2. The number of hydrogen-bond donors (Lipinski definition) is 2. The van der Waals surface area contributed by atoms with Crippen molar-refractivity contribution in [2.24, 2.45) is 0 Å². The molecule has 0 unspecified atom stereocenters. The van der Waals surface area contributed by atoms with Crippen molar-refractivity contribution in [3.63, 3.8) is 0 Å². The molecule has 2 aliphatic rings. The van der Waals surface area contributed by atoms with E-state index < -0.39 is 0 Å². The number of likely N-dealkylation sites (tertiary alicyclic amines) is 1. The standard InChI is InChI=1S/C32H34N4O5/c1-39-27-12-9-21(19-28(27)40-2)13-14-33-24-11-10-22-29-31(24)41-26-8-4-3-7-25(26)36(29)20-23(30(22)37)32(38)34-15-18-35-16-5-6-17-35/h3-4,7-12,19-20,33H,5-6,13-18H2,1-2H3,(H,34,38). The van der Waals surface area contributed by atoms with E-state index in [9.17, 15) is 9.59 Å². The zero-order chi connectivity index (χ0) is 28.3. The Morgan fingerprint density at radius 2 is 1.78 bits per heavy atom. The molecule has 0 bridgehead atoms. The summed E-state index contributed by atoms with van der Waals surface area (Å²) in [5, 5.41) is 6.87. The lowest BCUT2D eigenvalue weighted by molar-refractivity contribution is 0.0948. The van der Waals surface area contributed by atoms with Gasteiger partial charge in [0.2, 0.25) is 5.43 Å². The quantitative estimate of drug-likeness (QED) is 0.261. The van der Waals surface area contributed by atoms with Crippen LogP contribution in [-0.4, -0.2) is 62.3 Å². The highest BCUT2D eigenvalue weighted by atomic mass is 16.5. The summed E-state index contributed by atoms with van der Waals surface area (Å²) in [4.78, 5) is 29.1. The number of nitrogens with one attached hydrogen (secondary N) is 2. The Morgan fingerprint density at radius 3 is 2.59 bits per heavy atom. The normalized spacial score (nSPS) is 13.9. The predicted molar refractivity (Wildman–Crippen MR) is 159 cm³/mol. The number of aromatic nitrogens is 1. The van der Waals surface area contributed by atoms with Gasteiger partial charge in [-0.15, -0.1) is 0 Å². The predicted octanol–water partition coefficient (Wildman–Crippen LogP) is 4.59. The van der Waals surface area contributed by atoms with Gasteiger partial charge in [0.25, 0.3) is 5.91 Å². The van der Waals surface area contributed by atoms with Crippen molar-refractivity contribution in [3.05, 3.63) is 82.1 Å². The van der Waals surface area contributed by atoms with Crippen LogP contribution in [0.5, 0.6) is 23.0 Å². The number of nitrogens with zero attached hydrogens (tertiary/aromatic N) is 2. The number of anilines is 1. The summed E-state index contributed by atoms with van der Waals surface area (Å²) in [5.41, 5.74) is 3.08. The molecule has 0 atom stereocenters. The van der Waals surface area contributed by atoms with Crippen molar-refractivity contribution in [1.82, 2.24) is 14.8 Å². The van der Waals surface area contributed by atoms with E-state index in [1.807, 2.05) is 53.1 Å². The highest BCUT2D eigenvalue weighted by Gasteiger charge is 2.26. The first-order valence-corrected chi connectivity index (χ1v) is 14.0. The van der Waals surface area contributed by atoms with Crippen molar-refractivity contribution >= 4 is 22.5 Å². The molecule has 2 aliphatic heterocycles. The van der Waals surface area contributed by atoms with Gasteiger partial charge in [0.1, 0.15) is 11.1 Å². The van der Waals surface area contributed by atoms with Crippen molar-refractivity contribution in [1.29, 1.82) is 0 Å². The lowest BCUT2D eigenvalue weighted by Gasteiger charge is -2.26. The molecule has 0 aliphatic carbocycles. The van der Waals surface area contributed by atoms with Crippen LogP contribution in [0.15, 0.2) is 65.6 Å². The summed E-state index contributed by atoms with van der Waals surface area (Å²) >= 11 is 0. The Balaban J connectivity index is 1.29. The second-order valence-electron chi connectivity index (χ2n) is 10.3. The maximum absolute atomic E-state index is 13.6. The Kier molecular flexibility index (Phi) is 7.52. The molecule has 41 heavy (non-hydrogen) atoms. The van der Waals surface area contributed by atoms with E-state index in [4.69, 9.17) is 14.2 Å². The van der Waals surface area contributed by atoms with Crippen LogP contribution in [0.3, 0.4) is 0 Å². The molecule has 1 amide bonds. The lowest BCUT2D eigenvalue weighted by atomic mass is 10.1. The zero-order valence-corrected chi connectivity index (χ0v) is 23.4. The molecule has 3 heterocycles. The van der Waals surface area contributed by atoms with Gasteiger partial charge in [0.05, 0.1) is 31.0 Å². The molecular formula is C32H34N4O5. The average molecular weight is 555 g/mol. The zero-order valence-electron chi connectivity index (χ0n) is 23.4. The van der Waals surface area contributed by atoms with E-state index in [0.29, 0.717) is 47.0 Å². The Hall–Kier alpha value is -4.50. The number of benzene rings is 3. The molecule has 1 saturated heterocycles. The fraction of sp³-hybridized carbons (Fsp3) is 0.312. The summed E-state index contributed by atoms with van der Waals surface area (Å²) < 4.78 is 19.0. The summed E-state index contributed by atoms with van der Waals surface area (Å²) in [6.45, 7) is 4.03. The van der Waals surface area contributed by atoms with Crippen LogP contribution in [-0.2, 0) is 6.42 Å². The molecule has 9 nitrogen and oxygen atoms in total. The minimum Gasteiger partial charge on any atom is -0.493 e. The monoisotopic (exact) mass is 554 g/mol. The number of rotatable bonds is 10. The molecule has 3 aromatic carbocycles. The maximum Gasteiger partial charge on any atom is 0.256 e. The van der Waals surface area contributed by atoms with E-state index in [0.717, 1.165) is 43.0 Å². The first-order chi connectivity index (χ1) is 20.1. The number of fused-ring (bicyclic) bond motifs is 2. The van der Waals surface area contributed by atoms with Gasteiger partial charge in [-0.1, -0.05) is 18.2 Å². The van der Waals surface area contributed by atoms with Crippen LogP contribution in [0, 0.1) is 0 Å². The van der Waals surface area contributed by atoms with Crippen LogP contribution < -0.4 is 30.3 Å². The SMILES string of the molecule is COc1ccc(CCNc2ccc3c(=O)c(C(=O)NCCN4CCCC4)cn4c3c2Oc2ccccc2-4)cc1OC. The van der Waals surface area contributed by atoms with Crippen LogP contribution in [0.4, 0.5) is 5.69 Å². The number of para-hydroxylation sites is 2. The number of hydrogen-bond acceptors (Lipinski definition) is 7. The van der Waals surface area contributed by atoms with Gasteiger partial charge in [-0.25, -0.2) is 0 Å². The number of carbonyl (C=O) groups excluding carboxylic acids is 1. The Bertz CT molecular complexity index is 1660. The average Bonchev–Trinajstić information content (AvgIpc) is 3.52. The van der Waals surface area contributed by atoms with Gasteiger partial charge < -0.3 is 34.3 Å². The molecule has 6 rings (SSSR count). The number of amides is 1. The number of ether oxygens (including phenoxy) is 3. The summed E-state index contributed by atoms with van der Waals surface area (Å²) in [5.74, 6) is 2.23. The van der Waals surface area contributed by atoms with Gasteiger partial charge >= 0.3 is 0 Å². The minimum absolute atomic E-state index is 0.121. The molecule has 9 heteroatoms. The van der Waals surface area contributed by atoms with E-state index in [1.54, 1.807) is 26.5 Å². The van der Waals surface area contributed by atoms with Crippen molar-refractivity contribution in [2.75, 3.05) is 52.3 Å². The molecule has 0 saturated carbocycles. The second kappa shape index (κ2) is 11.5. The Labute approximate surface area is 238 Å². The van der Waals surface area contributed by atoms with Gasteiger partial charge in [0.15, 0.2) is 23.0 Å². The third-order valence-electron chi connectivity index (χ3n) is 7.79. The topological polar surface area (TPSA) is 94.1 Å². The molecule has 1 fully saturated rings. The molecule has 2 N–H and O–H groups in total. The summed E-state index contributed by atoms with van der Waals surface area (Å²) in [6, 6.07) is 17.1. The first kappa shape index (κ1) is 26.7. The summed E-state index contributed by atoms with van der Waals surface area (Å²) in [6.07, 6.45) is 4.77. The van der Waals surface area contributed by atoms with Crippen molar-refractivity contribution in [2.45, 2.75) is 19.3 Å². The van der Waals surface area contributed by atoms with Crippen molar-refractivity contribution < 1.29 is 19.0 Å². The van der Waals surface area contributed by atoms with Gasteiger partial charge in [-0.3, -0.25) is 9.59 Å². The molecule has 0 radical (unpaired) electrons. The van der Waals surface area contributed by atoms with Crippen LogP contribution >= 0.6 is 0 Å². The highest BCUT2D eigenvalue weighted by molar-refractivity contribution is 6.01. The lowest BCUT2D eigenvalue weighted by Crippen LogP contribution is -2.36. The van der Waals surface area contributed by atoms with E-state index in [2.05, 4.69) is 15.5 Å².